The van der Waals surface area contributed by atoms with E-state index < -0.39 is 0 Å². The van der Waals surface area contributed by atoms with Crippen LogP contribution in [0, 0.1) is 0 Å². The zero-order valence-corrected chi connectivity index (χ0v) is 12.0. The number of pyridine rings is 2. The summed E-state index contributed by atoms with van der Waals surface area (Å²) in [5, 5.41) is 0. The van der Waals surface area contributed by atoms with E-state index in [0.717, 1.165) is 17.7 Å². The van der Waals surface area contributed by atoms with E-state index in [0.29, 0.717) is 31.1 Å². The molecule has 1 amide bonds. The Kier molecular flexibility index (Phi) is 3.81. The lowest BCUT2D eigenvalue weighted by atomic mass is 10.0. The first-order chi connectivity index (χ1) is 10.3. The molecule has 0 saturated heterocycles. The van der Waals surface area contributed by atoms with Crippen LogP contribution in [0.1, 0.15) is 28.5 Å². The Labute approximate surface area is 123 Å². The average Bonchev–Trinajstić information content (AvgIpc) is 2.55. The second-order valence-corrected chi connectivity index (χ2v) is 4.91. The molecule has 108 valence electrons. The van der Waals surface area contributed by atoms with Gasteiger partial charge in [0.2, 0.25) is 5.88 Å². The molecule has 5 heteroatoms. The molecule has 1 aliphatic rings. The van der Waals surface area contributed by atoms with Gasteiger partial charge in [-0.25, -0.2) is 4.98 Å². The van der Waals surface area contributed by atoms with Crippen molar-refractivity contribution in [3.05, 3.63) is 53.5 Å². The summed E-state index contributed by atoms with van der Waals surface area (Å²) in [5.41, 5.74) is 2.73. The van der Waals surface area contributed by atoms with Gasteiger partial charge in [-0.1, -0.05) is 6.07 Å². The molecule has 2 aromatic rings. The fraction of sp³-hybridized carbons (Fsp3) is 0.312. The van der Waals surface area contributed by atoms with Crippen LogP contribution in [0.4, 0.5) is 0 Å². The van der Waals surface area contributed by atoms with Crippen LogP contribution in [0.3, 0.4) is 0 Å². The molecule has 5 nitrogen and oxygen atoms in total. The van der Waals surface area contributed by atoms with Crippen LogP contribution in [-0.2, 0) is 13.0 Å². The van der Waals surface area contributed by atoms with E-state index in [4.69, 9.17) is 4.74 Å². The van der Waals surface area contributed by atoms with Crippen molar-refractivity contribution < 1.29 is 9.53 Å². The van der Waals surface area contributed by atoms with Gasteiger partial charge in [-0.05, 0) is 24.6 Å². The topological polar surface area (TPSA) is 55.3 Å². The number of hydrogen-bond acceptors (Lipinski definition) is 4. The van der Waals surface area contributed by atoms with E-state index in [1.807, 2.05) is 24.0 Å². The second-order valence-electron chi connectivity index (χ2n) is 4.91. The Balaban J connectivity index is 1.77. The van der Waals surface area contributed by atoms with Crippen LogP contribution in [0.2, 0.25) is 0 Å². The van der Waals surface area contributed by atoms with Crippen LogP contribution >= 0.6 is 0 Å². The molecule has 0 spiro atoms. The fourth-order valence-electron chi connectivity index (χ4n) is 2.47. The van der Waals surface area contributed by atoms with Gasteiger partial charge in [-0.15, -0.1) is 0 Å². The van der Waals surface area contributed by atoms with Crippen molar-refractivity contribution in [3.63, 3.8) is 0 Å². The Hall–Kier alpha value is -2.43. The smallest absolute Gasteiger partial charge is 0.255 e. The molecule has 3 heterocycles. The van der Waals surface area contributed by atoms with Gasteiger partial charge in [0, 0.05) is 38.0 Å². The van der Waals surface area contributed by atoms with Crippen molar-refractivity contribution in [2.45, 2.75) is 19.9 Å². The summed E-state index contributed by atoms with van der Waals surface area (Å²) in [6, 6.07) is 7.43. The first-order valence-electron chi connectivity index (χ1n) is 7.09. The fourth-order valence-corrected chi connectivity index (χ4v) is 2.47. The van der Waals surface area contributed by atoms with Gasteiger partial charge in [0.25, 0.3) is 5.91 Å². The molecule has 0 saturated carbocycles. The summed E-state index contributed by atoms with van der Waals surface area (Å²) in [7, 11) is 0. The summed E-state index contributed by atoms with van der Waals surface area (Å²) in [4.78, 5) is 22.8. The molecule has 0 aliphatic carbocycles. The number of carbonyl (C=O) groups excluding carboxylic acids is 1. The number of carbonyl (C=O) groups is 1. The van der Waals surface area contributed by atoms with Crippen LogP contribution in [0.5, 0.6) is 5.88 Å². The molecule has 0 radical (unpaired) electrons. The van der Waals surface area contributed by atoms with Crippen LogP contribution in [0.25, 0.3) is 0 Å². The van der Waals surface area contributed by atoms with Crippen LogP contribution < -0.4 is 4.74 Å². The van der Waals surface area contributed by atoms with E-state index in [2.05, 4.69) is 9.97 Å². The maximum atomic E-state index is 12.4. The minimum atomic E-state index is 0.0163. The van der Waals surface area contributed by atoms with Gasteiger partial charge in [-0.2, -0.15) is 0 Å². The van der Waals surface area contributed by atoms with Crippen molar-refractivity contribution in [1.29, 1.82) is 0 Å². The zero-order valence-electron chi connectivity index (χ0n) is 12.0. The SMILES string of the molecule is CCOc1ccc2c(n1)CCN(C(=O)c1cccnc1)C2. The van der Waals surface area contributed by atoms with E-state index in [1.54, 1.807) is 24.5 Å². The Morgan fingerprint density at radius 2 is 2.29 bits per heavy atom. The second kappa shape index (κ2) is 5.91. The third-order valence-corrected chi connectivity index (χ3v) is 3.51. The first kappa shape index (κ1) is 13.5. The van der Waals surface area contributed by atoms with Crippen LogP contribution in [0.15, 0.2) is 36.7 Å². The van der Waals surface area contributed by atoms with Crippen molar-refractivity contribution >= 4 is 5.91 Å². The average molecular weight is 283 g/mol. The molecule has 2 aromatic heterocycles. The lowest BCUT2D eigenvalue weighted by Gasteiger charge is -2.28. The third kappa shape index (κ3) is 2.86. The van der Waals surface area contributed by atoms with E-state index in [-0.39, 0.29) is 5.91 Å². The number of hydrogen-bond donors (Lipinski definition) is 0. The van der Waals surface area contributed by atoms with Gasteiger partial charge in [0.05, 0.1) is 17.9 Å². The lowest BCUT2D eigenvalue weighted by molar-refractivity contribution is 0.0733. The molecular weight excluding hydrogens is 266 g/mol. The summed E-state index contributed by atoms with van der Waals surface area (Å²) in [6.07, 6.45) is 4.03. The molecule has 0 fully saturated rings. The zero-order chi connectivity index (χ0) is 14.7. The van der Waals surface area contributed by atoms with E-state index in [9.17, 15) is 4.79 Å². The van der Waals surface area contributed by atoms with Crippen molar-refractivity contribution in [2.24, 2.45) is 0 Å². The lowest BCUT2D eigenvalue weighted by Crippen LogP contribution is -2.36. The number of ether oxygens (including phenoxy) is 1. The Bertz CT molecular complexity index is 643. The summed E-state index contributed by atoms with van der Waals surface area (Å²) in [6.45, 7) is 3.80. The largest absolute Gasteiger partial charge is 0.478 e. The number of aromatic nitrogens is 2. The molecule has 0 unspecified atom stereocenters. The van der Waals surface area contributed by atoms with E-state index >= 15 is 0 Å². The van der Waals surface area contributed by atoms with Gasteiger partial charge < -0.3 is 9.64 Å². The minimum absolute atomic E-state index is 0.0163. The predicted molar refractivity (Wildman–Crippen MR) is 78.1 cm³/mol. The normalized spacial score (nSPS) is 13.7. The highest BCUT2D eigenvalue weighted by atomic mass is 16.5. The van der Waals surface area contributed by atoms with Gasteiger partial charge in [0.15, 0.2) is 0 Å². The number of rotatable bonds is 3. The predicted octanol–water partition coefficient (Wildman–Crippen LogP) is 2.07. The van der Waals surface area contributed by atoms with Crippen LogP contribution in [-0.4, -0.2) is 33.9 Å². The van der Waals surface area contributed by atoms with Gasteiger partial charge in [-0.3, -0.25) is 9.78 Å². The molecule has 0 aromatic carbocycles. The first-order valence-corrected chi connectivity index (χ1v) is 7.09. The van der Waals surface area contributed by atoms with Gasteiger partial charge in [0.1, 0.15) is 0 Å². The van der Waals surface area contributed by atoms with Crippen molar-refractivity contribution in [3.8, 4) is 5.88 Å². The molecule has 0 N–H and O–H groups in total. The third-order valence-electron chi connectivity index (χ3n) is 3.51. The Morgan fingerprint density at radius 3 is 3.05 bits per heavy atom. The molecule has 0 atom stereocenters. The van der Waals surface area contributed by atoms with Crippen molar-refractivity contribution in [2.75, 3.05) is 13.2 Å². The standard InChI is InChI=1S/C16H17N3O2/c1-2-21-15-6-5-13-11-19(9-7-14(13)18-15)16(20)12-4-3-8-17-10-12/h3-6,8,10H,2,7,9,11H2,1H3. The van der Waals surface area contributed by atoms with Gasteiger partial charge >= 0.3 is 0 Å². The molecular formula is C16H17N3O2. The highest BCUT2D eigenvalue weighted by molar-refractivity contribution is 5.94. The number of fused-ring (bicyclic) bond motifs is 1. The molecule has 3 rings (SSSR count). The highest BCUT2D eigenvalue weighted by Gasteiger charge is 2.23. The quantitative estimate of drug-likeness (QED) is 0.865. The number of nitrogens with zero attached hydrogens (tertiary/aromatic N) is 3. The van der Waals surface area contributed by atoms with E-state index in [1.165, 1.54) is 0 Å². The summed E-state index contributed by atoms with van der Waals surface area (Å²) < 4.78 is 5.42. The summed E-state index contributed by atoms with van der Waals surface area (Å²) >= 11 is 0. The molecule has 0 bridgehead atoms. The minimum Gasteiger partial charge on any atom is -0.478 e. The molecule has 1 aliphatic heterocycles. The summed E-state index contributed by atoms with van der Waals surface area (Å²) in [5.74, 6) is 0.672. The maximum absolute atomic E-state index is 12.4. The Morgan fingerprint density at radius 1 is 1.38 bits per heavy atom. The highest BCUT2D eigenvalue weighted by Crippen LogP contribution is 2.21. The van der Waals surface area contributed by atoms with Crippen molar-refractivity contribution in [1.82, 2.24) is 14.9 Å². The number of amides is 1. The molecule has 21 heavy (non-hydrogen) atoms. The monoisotopic (exact) mass is 283 g/mol. The maximum Gasteiger partial charge on any atom is 0.255 e.